The van der Waals surface area contributed by atoms with Gasteiger partial charge in [-0.2, -0.15) is 0 Å². The van der Waals surface area contributed by atoms with Crippen LogP contribution in [0.1, 0.15) is 37.3 Å². The zero-order valence-corrected chi connectivity index (χ0v) is 16.5. The topological polar surface area (TPSA) is 61.8 Å². The molecule has 2 aromatic rings. The van der Waals surface area contributed by atoms with Gasteiger partial charge in [-0.25, -0.2) is 4.79 Å². The number of rotatable bonds is 5. The molecule has 28 heavy (non-hydrogen) atoms. The molecule has 1 atom stereocenters. The van der Waals surface area contributed by atoms with Gasteiger partial charge in [0.2, 0.25) is 0 Å². The van der Waals surface area contributed by atoms with Crippen LogP contribution < -0.4 is 5.32 Å². The van der Waals surface area contributed by atoms with Gasteiger partial charge in [-0.3, -0.25) is 4.90 Å². The molecular formula is C23H28N2O3. The van der Waals surface area contributed by atoms with Gasteiger partial charge in [0, 0.05) is 31.6 Å². The second kappa shape index (κ2) is 7.57. The summed E-state index contributed by atoms with van der Waals surface area (Å²) in [7, 11) is 0. The number of hydrogen-bond donors (Lipinski definition) is 2. The van der Waals surface area contributed by atoms with Gasteiger partial charge in [-0.15, -0.1) is 0 Å². The lowest BCUT2D eigenvalue weighted by Gasteiger charge is -2.25. The summed E-state index contributed by atoms with van der Waals surface area (Å²) in [6.07, 6.45) is 0.511. The van der Waals surface area contributed by atoms with Gasteiger partial charge in [0.1, 0.15) is 6.61 Å². The van der Waals surface area contributed by atoms with E-state index in [1.165, 1.54) is 22.3 Å². The fourth-order valence-corrected chi connectivity index (χ4v) is 4.45. The first-order valence-corrected chi connectivity index (χ1v) is 9.97. The average Bonchev–Trinajstić information content (AvgIpc) is 3.20. The number of likely N-dealkylation sites (tertiary alicyclic amines) is 1. The number of hydrogen-bond acceptors (Lipinski definition) is 4. The van der Waals surface area contributed by atoms with Crippen LogP contribution in [0.3, 0.4) is 0 Å². The van der Waals surface area contributed by atoms with Crippen molar-refractivity contribution in [2.45, 2.75) is 37.8 Å². The van der Waals surface area contributed by atoms with Crippen molar-refractivity contribution in [1.82, 2.24) is 10.2 Å². The molecule has 2 aliphatic rings. The lowest BCUT2D eigenvalue weighted by Crippen LogP contribution is -2.41. The normalized spacial score (nSPS) is 19.3. The van der Waals surface area contributed by atoms with Gasteiger partial charge >= 0.3 is 6.09 Å². The van der Waals surface area contributed by atoms with Crippen LogP contribution in [0.4, 0.5) is 4.79 Å². The number of amides is 1. The maximum Gasteiger partial charge on any atom is 0.407 e. The molecule has 0 saturated carbocycles. The van der Waals surface area contributed by atoms with Crippen LogP contribution in [0.2, 0.25) is 0 Å². The third-order valence-corrected chi connectivity index (χ3v) is 5.55. The van der Waals surface area contributed by atoms with Crippen molar-refractivity contribution >= 4 is 6.09 Å². The Balaban J connectivity index is 1.35. The van der Waals surface area contributed by atoms with Gasteiger partial charge in [0.05, 0.1) is 5.60 Å². The monoisotopic (exact) mass is 380 g/mol. The lowest BCUT2D eigenvalue weighted by molar-refractivity contribution is 0.0433. The number of nitrogens with one attached hydrogen (secondary N) is 1. The van der Waals surface area contributed by atoms with Crippen LogP contribution in [0.15, 0.2) is 48.5 Å². The second-order valence-electron chi connectivity index (χ2n) is 8.50. The first-order valence-electron chi connectivity index (χ1n) is 9.97. The molecule has 2 aromatic carbocycles. The first-order chi connectivity index (χ1) is 13.4. The summed E-state index contributed by atoms with van der Waals surface area (Å²) in [4.78, 5) is 14.5. The van der Waals surface area contributed by atoms with Crippen LogP contribution in [-0.2, 0) is 4.74 Å². The molecule has 1 aliphatic heterocycles. The number of benzene rings is 2. The SMILES string of the molecule is CC(C)(O)CN1CC[C@H](NC(=O)OCC2c3ccccc3-c3ccccc32)C1. The Morgan fingerprint density at radius 1 is 1.14 bits per heavy atom. The van der Waals surface area contributed by atoms with Crippen molar-refractivity contribution in [1.29, 1.82) is 0 Å². The van der Waals surface area contributed by atoms with Gasteiger partial charge in [0.25, 0.3) is 0 Å². The highest BCUT2D eigenvalue weighted by molar-refractivity contribution is 5.79. The summed E-state index contributed by atoms with van der Waals surface area (Å²) in [6.45, 7) is 6.17. The van der Waals surface area contributed by atoms with E-state index in [1.54, 1.807) is 13.8 Å². The van der Waals surface area contributed by atoms with Crippen LogP contribution in [0, 0.1) is 0 Å². The summed E-state index contributed by atoms with van der Waals surface area (Å²) in [6, 6.07) is 16.7. The summed E-state index contributed by atoms with van der Waals surface area (Å²) in [5.41, 5.74) is 4.16. The molecule has 148 valence electrons. The van der Waals surface area contributed by atoms with E-state index in [0.717, 1.165) is 19.5 Å². The number of carbonyl (C=O) groups excluding carboxylic acids is 1. The molecule has 5 nitrogen and oxygen atoms in total. The molecule has 0 aromatic heterocycles. The Hall–Kier alpha value is -2.37. The largest absolute Gasteiger partial charge is 0.449 e. The van der Waals surface area contributed by atoms with Gasteiger partial charge in [-0.1, -0.05) is 48.5 Å². The van der Waals surface area contributed by atoms with Gasteiger partial charge in [-0.05, 0) is 42.5 Å². The third kappa shape index (κ3) is 4.05. The number of β-amino-alcohol motifs (C(OH)–C–C–N with tert-alkyl or cyclic N) is 1. The minimum Gasteiger partial charge on any atom is -0.449 e. The number of nitrogens with zero attached hydrogens (tertiary/aromatic N) is 1. The fraction of sp³-hybridized carbons (Fsp3) is 0.435. The van der Waals surface area contributed by atoms with E-state index in [1.807, 2.05) is 24.3 Å². The number of ether oxygens (including phenoxy) is 1. The van der Waals surface area contributed by atoms with Crippen molar-refractivity contribution in [3.05, 3.63) is 59.7 Å². The van der Waals surface area contributed by atoms with Crippen molar-refractivity contribution in [2.24, 2.45) is 0 Å². The molecule has 1 aliphatic carbocycles. The first kappa shape index (κ1) is 19.0. The molecule has 0 bridgehead atoms. The number of aliphatic hydroxyl groups is 1. The molecule has 1 fully saturated rings. The quantitative estimate of drug-likeness (QED) is 0.835. The third-order valence-electron chi connectivity index (χ3n) is 5.55. The maximum absolute atomic E-state index is 12.4. The van der Waals surface area contributed by atoms with Crippen LogP contribution in [0.25, 0.3) is 11.1 Å². The van der Waals surface area contributed by atoms with Crippen LogP contribution in [-0.4, -0.2) is 54.0 Å². The van der Waals surface area contributed by atoms with Crippen molar-refractivity contribution < 1.29 is 14.6 Å². The van der Waals surface area contributed by atoms with Gasteiger partial charge in [0.15, 0.2) is 0 Å². The van der Waals surface area contributed by atoms with E-state index in [2.05, 4.69) is 34.5 Å². The van der Waals surface area contributed by atoms with Crippen molar-refractivity contribution in [3.8, 4) is 11.1 Å². The molecule has 5 heteroatoms. The van der Waals surface area contributed by atoms with E-state index in [4.69, 9.17) is 4.74 Å². The predicted molar refractivity (Wildman–Crippen MR) is 109 cm³/mol. The Morgan fingerprint density at radius 2 is 1.75 bits per heavy atom. The predicted octanol–water partition coefficient (Wildman–Crippen LogP) is 3.37. The Labute approximate surface area is 166 Å². The van der Waals surface area contributed by atoms with Crippen molar-refractivity contribution in [2.75, 3.05) is 26.2 Å². The Morgan fingerprint density at radius 3 is 2.36 bits per heavy atom. The molecule has 1 amide bonds. The van der Waals surface area contributed by atoms with E-state index in [0.29, 0.717) is 13.2 Å². The molecule has 2 N–H and O–H groups in total. The Kier molecular flexibility index (Phi) is 5.13. The molecule has 4 rings (SSSR count). The minimum absolute atomic E-state index is 0.0676. The van der Waals surface area contributed by atoms with E-state index in [9.17, 15) is 9.90 Å². The average molecular weight is 380 g/mol. The summed E-state index contributed by atoms with van der Waals surface area (Å²) >= 11 is 0. The van der Waals surface area contributed by atoms with Crippen LogP contribution in [0.5, 0.6) is 0 Å². The standard InChI is InChI=1S/C23H28N2O3/c1-23(2,27)15-25-12-11-16(13-25)24-22(26)28-14-21-19-9-5-3-7-17(19)18-8-4-6-10-20(18)21/h3-10,16,21,27H,11-15H2,1-2H3,(H,24,26)/t16-/m0/s1. The maximum atomic E-state index is 12.4. The highest BCUT2D eigenvalue weighted by Crippen LogP contribution is 2.44. The molecule has 1 saturated heterocycles. The van der Waals surface area contributed by atoms with Crippen LogP contribution >= 0.6 is 0 Å². The molecule has 0 radical (unpaired) electrons. The zero-order valence-electron chi connectivity index (χ0n) is 16.5. The Bertz CT molecular complexity index is 813. The van der Waals surface area contributed by atoms with E-state index < -0.39 is 5.60 Å². The van der Waals surface area contributed by atoms with E-state index in [-0.39, 0.29) is 18.1 Å². The number of carbonyl (C=O) groups is 1. The highest BCUT2D eigenvalue weighted by Gasteiger charge is 2.30. The fourth-order valence-electron chi connectivity index (χ4n) is 4.45. The molecule has 1 heterocycles. The highest BCUT2D eigenvalue weighted by atomic mass is 16.5. The van der Waals surface area contributed by atoms with Gasteiger partial charge < -0.3 is 15.2 Å². The molecule has 0 spiro atoms. The summed E-state index contributed by atoms with van der Waals surface area (Å²) in [5, 5.41) is 12.9. The lowest BCUT2D eigenvalue weighted by atomic mass is 9.98. The van der Waals surface area contributed by atoms with Crippen molar-refractivity contribution in [3.63, 3.8) is 0 Å². The van der Waals surface area contributed by atoms with E-state index >= 15 is 0 Å². The zero-order chi connectivity index (χ0) is 19.7. The number of fused-ring (bicyclic) bond motifs is 3. The summed E-state index contributed by atoms with van der Waals surface area (Å²) in [5.74, 6) is 0.0772. The molecule has 0 unspecified atom stereocenters. The smallest absolute Gasteiger partial charge is 0.407 e. The summed E-state index contributed by atoms with van der Waals surface area (Å²) < 4.78 is 5.62. The second-order valence-corrected chi connectivity index (χ2v) is 8.50. The molecular weight excluding hydrogens is 352 g/mol. The minimum atomic E-state index is -0.724. The number of alkyl carbamates (subject to hydrolysis) is 1.